The lowest BCUT2D eigenvalue weighted by molar-refractivity contribution is 0.255. The summed E-state index contributed by atoms with van der Waals surface area (Å²) in [5, 5.41) is 3.20. The van der Waals surface area contributed by atoms with Gasteiger partial charge in [0.15, 0.2) is 0 Å². The fourth-order valence-electron chi connectivity index (χ4n) is 1.72. The third-order valence-corrected chi connectivity index (χ3v) is 3.18. The first-order chi connectivity index (χ1) is 8.58. The van der Waals surface area contributed by atoms with E-state index < -0.39 is 0 Å². The molecule has 0 heterocycles. The maximum atomic E-state index is 13.9. The lowest BCUT2D eigenvalue weighted by atomic mass is 10.1. The molecule has 0 aliphatic heterocycles. The molecule has 0 aliphatic rings. The van der Waals surface area contributed by atoms with Crippen molar-refractivity contribution in [3.05, 3.63) is 29.6 Å². The van der Waals surface area contributed by atoms with Gasteiger partial charge >= 0.3 is 0 Å². The van der Waals surface area contributed by atoms with E-state index in [1.807, 2.05) is 19.9 Å². The fourth-order valence-corrected chi connectivity index (χ4v) is 1.72. The van der Waals surface area contributed by atoms with Gasteiger partial charge in [-0.05, 0) is 25.5 Å². The summed E-state index contributed by atoms with van der Waals surface area (Å²) in [6, 6.07) is 5.15. The van der Waals surface area contributed by atoms with Gasteiger partial charge in [0.2, 0.25) is 0 Å². The van der Waals surface area contributed by atoms with Crippen LogP contribution in [0.5, 0.6) is 5.75 Å². The molecule has 18 heavy (non-hydrogen) atoms. The van der Waals surface area contributed by atoms with Crippen molar-refractivity contribution in [2.24, 2.45) is 5.92 Å². The second-order valence-corrected chi connectivity index (χ2v) is 4.79. The summed E-state index contributed by atoms with van der Waals surface area (Å²) >= 11 is 0. The lowest BCUT2D eigenvalue weighted by Crippen LogP contribution is -2.18. The van der Waals surface area contributed by atoms with Gasteiger partial charge < -0.3 is 10.1 Å². The molecular formula is C15H24FNO. The van der Waals surface area contributed by atoms with Crippen LogP contribution >= 0.6 is 0 Å². The summed E-state index contributed by atoms with van der Waals surface area (Å²) in [4.78, 5) is 0. The van der Waals surface area contributed by atoms with Gasteiger partial charge in [-0.2, -0.15) is 0 Å². The molecule has 3 heteroatoms. The highest BCUT2D eigenvalue weighted by molar-refractivity contribution is 5.30. The monoisotopic (exact) mass is 253 g/mol. The smallest absolute Gasteiger partial charge is 0.131 e. The Hall–Kier alpha value is -1.09. The van der Waals surface area contributed by atoms with E-state index >= 15 is 0 Å². The molecule has 0 bridgehead atoms. The summed E-state index contributed by atoms with van der Waals surface area (Å²) in [6.07, 6.45) is 1.07. The number of benzene rings is 1. The fraction of sp³-hybridized carbons (Fsp3) is 0.600. The van der Waals surface area contributed by atoms with Gasteiger partial charge in [0, 0.05) is 17.7 Å². The van der Waals surface area contributed by atoms with Gasteiger partial charge in [0.05, 0.1) is 6.61 Å². The normalized spacial score (nSPS) is 14.3. The second-order valence-electron chi connectivity index (χ2n) is 4.79. The van der Waals surface area contributed by atoms with Gasteiger partial charge in [-0.1, -0.05) is 33.3 Å². The molecular weight excluding hydrogens is 229 g/mol. The van der Waals surface area contributed by atoms with Gasteiger partial charge in [-0.15, -0.1) is 0 Å². The van der Waals surface area contributed by atoms with E-state index in [2.05, 4.69) is 19.2 Å². The molecule has 0 saturated carbocycles. The van der Waals surface area contributed by atoms with Crippen molar-refractivity contribution in [3.8, 4) is 5.75 Å². The van der Waals surface area contributed by atoms with E-state index in [9.17, 15) is 4.39 Å². The van der Waals surface area contributed by atoms with Gasteiger partial charge in [-0.3, -0.25) is 0 Å². The summed E-state index contributed by atoms with van der Waals surface area (Å²) in [5.41, 5.74) is 0.688. The summed E-state index contributed by atoms with van der Waals surface area (Å²) in [6.45, 7) is 9.68. The average molecular weight is 253 g/mol. The van der Waals surface area contributed by atoms with E-state index in [4.69, 9.17) is 4.74 Å². The molecule has 0 amide bonds. The van der Waals surface area contributed by atoms with E-state index in [0.717, 1.165) is 13.0 Å². The van der Waals surface area contributed by atoms with Crippen molar-refractivity contribution < 1.29 is 9.13 Å². The Labute approximate surface area is 110 Å². The molecule has 0 saturated heterocycles. The van der Waals surface area contributed by atoms with Crippen LogP contribution in [-0.4, -0.2) is 13.2 Å². The quantitative estimate of drug-likeness (QED) is 0.795. The Bertz CT molecular complexity index is 368. The topological polar surface area (TPSA) is 21.3 Å². The first kappa shape index (κ1) is 15.0. The number of ether oxygens (including phenoxy) is 1. The molecule has 2 atom stereocenters. The Balaban J connectivity index is 2.67. The Morgan fingerprint density at radius 2 is 2.00 bits per heavy atom. The largest absolute Gasteiger partial charge is 0.493 e. The lowest BCUT2D eigenvalue weighted by Gasteiger charge is -2.15. The van der Waals surface area contributed by atoms with E-state index in [1.54, 1.807) is 6.07 Å². The van der Waals surface area contributed by atoms with Crippen LogP contribution in [0, 0.1) is 11.7 Å². The van der Waals surface area contributed by atoms with Gasteiger partial charge in [0.25, 0.3) is 0 Å². The molecule has 0 aromatic heterocycles. The third-order valence-electron chi connectivity index (χ3n) is 3.18. The molecule has 0 aliphatic carbocycles. The van der Waals surface area contributed by atoms with Crippen molar-refractivity contribution >= 4 is 0 Å². The number of nitrogens with one attached hydrogen (secondary N) is 1. The molecule has 102 valence electrons. The first-order valence-electron chi connectivity index (χ1n) is 6.74. The number of hydrogen-bond acceptors (Lipinski definition) is 2. The standard InChI is InChI=1S/C15H24FNO/c1-5-11(3)10-18-13-7-8-14(15(16)9-13)12(4)17-6-2/h7-9,11-12,17H,5-6,10H2,1-4H3. The Morgan fingerprint density at radius 3 is 2.56 bits per heavy atom. The zero-order chi connectivity index (χ0) is 13.5. The van der Waals surface area contributed by atoms with Crippen LogP contribution < -0.4 is 10.1 Å². The molecule has 1 aromatic carbocycles. The molecule has 1 aromatic rings. The zero-order valence-electron chi connectivity index (χ0n) is 11.8. The minimum atomic E-state index is -0.204. The van der Waals surface area contributed by atoms with E-state index in [-0.39, 0.29) is 11.9 Å². The predicted octanol–water partition coefficient (Wildman–Crippen LogP) is 3.92. The van der Waals surface area contributed by atoms with Crippen LogP contribution in [0.25, 0.3) is 0 Å². The van der Waals surface area contributed by atoms with Gasteiger partial charge in [-0.25, -0.2) is 4.39 Å². The maximum Gasteiger partial charge on any atom is 0.131 e. The molecule has 2 unspecified atom stereocenters. The summed E-state index contributed by atoms with van der Waals surface area (Å²) in [7, 11) is 0. The van der Waals surface area contributed by atoms with Crippen molar-refractivity contribution in [1.29, 1.82) is 0 Å². The SMILES string of the molecule is CCNC(C)c1ccc(OCC(C)CC)cc1F. The van der Waals surface area contributed by atoms with Gasteiger partial charge in [0.1, 0.15) is 11.6 Å². The Kier molecular flexibility index (Phi) is 6.13. The molecule has 0 fully saturated rings. The van der Waals surface area contributed by atoms with Crippen molar-refractivity contribution in [2.75, 3.05) is 13.2 Å². The minimum absolute atomic E-state index is 0.0265. The molecule has 1 rings (SSSR count). The number of halogens is 1. The summed E-state index contributed by atoms with van der Waals surface area (Å²) in [5.74, 6) is 0.902. The zero-order valence-corrected chi connectivity index (χ0v) is 11.8. The van der Waals surface area contributed by atoms with Crippen LogP contribution in [0.1, 0.15) is 45.7 Å². The number of rotatable bonds is 7. The summed E-state index contributed by atoms with van der Waals surface area (Å²) < 4.78 is 19.5. The highest BCUT2D eigenvalue weighted by Crippen LogP contribution is 2.22. The van der Waals surface area contributed by atoms with Crippen LogP contribution in [0.4, 0.5) is 4.39 Å². The third kappa shape index (κ3) is 4.30. The number of hydrogen-bond donors (Lipinski definition) is 1. The predicted molar refractivity (Wildman–Crippen MR) is 73.4 cm³/mol. The molecule has 0 spiro atoms. The molecule has 0 radical (unpaired) electrons. The highest BCUT2D eigenvalue weighted by atomic mass is 19.1. The van der Waals surface area contributed by atoms with Crippen LogP contribution in [0.3, 0.4) is 0 Å². The van der Waals surface area contributed by atoms with Crippen LogP contribution in [-0.2, 0) is 0 Å². The average Bonchev–Trinajstić information content (AvgIpc) is 2.36. The first-order valence-corrected chi connectivity index (χ1v) is 6.74. The van der Waals surface area contributed by atoms with Crippen LogP contribution in [0.15, 0.2) is 18.2 Å². The van der Waals surface area contributed by atoms with E-state index in [1.165, 1.54) is 6.07 Å². The van der Waals surface area contributed by atoms with E-state index in [0.29, 0.717) is 23.8 Å². The van der Waals surface area contributed by atoms with Crippen LogP contribution in [0.2, 0.25) is 0 Å². The van der Waals surface area contributed by atoms with Crippen molar-refractivity contribution in [2.45, 2.75) is 40.2 Å². The molecule has 2 nitrogen and oxygen atoms in total. The highest BCUT2D eigenvalue weighted by Gasteiger charge is 2.11. The van der Waals surface area contributed by atoms with Crippen molar-refractivity contribution in [3.63, 3.8) is 0 Å². The van der Waals surface area contributed by atoms with Crippen molar-refractivity contribution in [1.82, 2.24) is 5.32 Å². The maximum absolute atomic E-state index is 13.9. The second kappa shape index (κ2) is 7.37. The minimum Gasteiger partial charge on any atom is -0.493 e. The molecule has 1 N–H and O–H groups in total. The Morgan fingerprint density at radius 1 is 1.28 bits per heavy atom.